The van der Waals surface area contributed by atoms with Gasteiger partial charge >= 0.3 is 5.97 Å². The van der Waals surface area contributed by atoms with E-state index in [1.165, 1.54) is 4.90 Å². The topological polar surface area (TPSA) is 63.7 Å². The van der Waals surface area contributed by atoms with Gasteiger partial charge in [-0.25, -0.2) is 4.90 Å². The van der Waals surface area contributed by atoms with E-state index in [-0.39, 0.29) is 30.0 Å². The molecule has 6 heteroatoms. The summed E-state index contributed by atoms with van der Waals surface area (Å²) < 4.78 is 4.82. The largest absolute Gasteiger partial charge is 0.465 e. The van der Waals surface area contributed by atoms with Crippen molar-refractivity contribution in [2.45, 2.75) is 25.5 Å². The smallest absolute Gasteiger partial charge is 0.315 e. The molecule has 1 aromatic carbocycles. The zero-order valence-corrected chi connectivity index (χ0v) is 12.8. The normalized spacial score (nSPS) is 18.2. The second kappa shape index (κ2) is 6.76. The summed E-state index contributed by atoms with van der Waals surface area (Å²) in [4.78, 5) is 36.9. The molecule has 1 fully saturated rings. The zero-order chi connectivity index (χ0) is 15.4. The number of esters is 1. The van der Waals surface area contributed by atoms with Crippen molar-refractivity contribution in [3.63, 3.8) is 0 Å². The first kappa shape index (κ1) is 15.6. The minimum absolute atomic E-state index is 0.0825. The van der Waals surface area contributed by atoms with Crippen molar-refractivity contribution >= 4 is 35.2 Å². The Balaban J connectivity index is 2.05. The van der Waals surface area contributed by atoms with E-state index in [2.05, 4.69) is 0 Å². The Morgan fingerprint density at radius 3 is 2.86 bits per heavy atom. The first-order valence-electron chi connectivity index (χ1n) is 6.73. The standard InChI is InChI=1S/C15H17NO4S/c1-3-20-14(18)9-21-12-8-13(17)16(15(12)19)11-6-4-5-10(2)7-11/h4-7,12H,3,8-9H2,1-2H3/t12-/m1/s1. The fourth-order valence-electron chi connectivity index (χ4n) is 2.14. The number of imide groups is 1. The molecule has 21 heavy (non-hydrogen) atoms. The lowest BCUT2D eigenvalue weighted by Gasteiger charge is -2.15. The van der Waals surface area contributed by atoms with Crippen LogP contribution in [-0.4, -0.2) is 35.4 Å². The van der Waals surface area contributed by atoms with Crippen molar-refractivity contribution < 1.29 is 19.1 Å². The number of thioether (sulfide) groups is 1. The molecule has 1 heterocycles. The van der Waals surface area contributed by atoms with Gasteiger partial charge in [0.15, 0.2) is 0 Å². The maximum absolute atomic E-state index is 12.3. The first-order chi connectivity index (χ1) is 10.0. The molecule has 0 aromatic heterocycles. The molecule has 1 saturated heterocycles. The lowest BCUT2D eigenvalue weighted by Crippen LogP contribution is -2.31. The highest BCUT2D eigenvalue weighted by Gasteiger charge is 2.40. The van der Waals surface area contributed by atoms with Crippen LogP contribution in [-0.2, 0) is 19.1 Å². The number of hydrogen-bond acceptors (Lipinski definition) is 5. The van der Waals surface area contributed by atoms with Crippen LogP contribution in [0.1, 0.15) is 18.9 Å². The van der Waals surface area contributed by atoms with Gasteiger partial charge in [0.05, 0.1) is 23.3 Å². The number of amides is 2. The van der Waals surface area contributed by atoms with E-state index in [1.54, 1.807) is 19.1 Å². The minimum Gasteiger partial charge on any atom is -0.465 e. The van der Waals surface area contributed by atoms with Crippen molar-refractivity contribution in [2.24, 2.45) is 0 Å². The van der Waals surface area contributed by atoms with Crippen molar-refractivity contribution in [1.29, 1.82) is 0 Å². The van der Waals surface area contributed by atoms with Gasteiger partial charge in [0.1, 0.15) is 0 Å². The second-order valence-electron chi connectivity index (χ2n) is 4.72. The number of anilines is 1. The van der Waals surface area contributed by atoms with E-state index in [0.29, 0.717) is 12.3 Å². The molecule has 112 valence electrons. The molecule has 1 aromatic rings. The summed E-state index contributed by atoms with van der Waals surface area (Å²) in [5, 5.41) is -0.512. The van der Waals surface area contributed by atoms with Gasteiger partial charge in [0.2, 0.25) is 11.8 Å². The summed E-state index contributed by atoms with van der Waals surface area (Å²) in [6.07, 6.45) is 0.122. The van der Waals surface area contributed by atoms with Crippen LogP contribution >= 0.6 is 11.8 Å². The van der Waals surface area contributed by atoms with Crippen LogP contribution in [0.15, 0.2) is 24.3 Å². The number of benzene rings is 1. The third-order valence-corrected chi connectivity index (χ3v) is 4.25. The Kier molecular flexibility index (Phi) is 5.01. The number of aryl methyl sites for hydroxylation is 1. The highest BCUT2D eigenvalue weighted by atomic mass is 32.2. The maximum atomic E-state index is 12.3. The van der Waals surface area contributed by atoms with Gasteiger partial charge < -0.3 is 4.74 Å². The quantitative estimate of drug-likeness (QED) is 0.614. The molecule has 2 amide bonds. The summed E-state index contributed by atoms with van der Waals surface area (Å²) in [7, 11) is 0. The lowest BCUT2D eigenvalue weighted by molar-refractivity contribution is -0.139. The fourth-order valence-corrected chi connectivity index (χ4v) is 3.07. The van der Waals surface area contributed by atoms with Gasteiger partial charge in [-0.3, -0.25) is 14.4 Å². The molecule has 0 saturated carbocycles. The van der Waals surface area contributed by atoms with Crippen molar-refractivity contribution in [3.05, 3.63) is 29.8 Å². The Bertz CT molecular complexity index is 573. The first-order valence-corrected chi connectivity index (χ1v) is 7.78. The number of hydrogen-bond donors (Lipinski definition) is 0. The Morgan fingerprint density at radius 1 is 1.43 bits per heavy atom. The predicted octanol–water partition coefficient (Wildman–Crippen LogP) is 1.92. The number of ether oxygens (including phenoxy) is 1. The minimum atomic E-state index is -0.512. The summed E-state index contributed by atoms with van der Waals surface area (Å²) in [6.45, 7) is 3.94. The summed E-state index contributed by atoms with van der Waals surface area (Å²) in [5.41, 5.74) is 1.57. The summed E-state index contributed by atoms with van der Waals surface area (Å²) in [6, 6.07) is 7.25. The fraction of sp³-hybridized carbons (Fsp3) is 0.400. The maximum Gasteiger partial charge on any atom is 0.315 e. The summed E-state index contributed by atoms with van der Waals surface area (Å²) >= 11 is 1.16. The monoisotopic (exact) mass is 307 g/mol. The van der Waals surface area contributed by atoms with Crippen molar-refractivity contribution in [3.8, 4) is 0 Å². The van der Waals surface area contributed by atoms with Crippen LogP contribution in [0.5, 0.6) is 0 Å². The number of carbonyl (C=O) groups is 3. The third kappa shape index (κ3) is 3.64. The second-order valence-corrected chi connectivity index (χ2v) is 5.91. The van der Waals surface area contributed by atoms with E-state index in [1.807, 2.05) is 19.1 Å². The van der Waals surface area contributed by atoms with Crippen LogP contribution in [0, 0.1) is 6.92 Å². The SMILES string of the molecule is CCOC(=O)CS[C@@H]1CC(=O)N(c2cccc(C)c2)C1=O. The average Bonchev–Trinajstić information content (AvgIpc) is 2.71. The average molecular weight is 307 g/mol. The molecule has 0 unspecified atom stereocenters. The number of nitrogens with zero attached hydrogens (tertiary/aromatic N) is 1. The highest BCUT2D eigenvalue weighted by Crippen LogP contribution is 2.30. The lowest BCUT2D eigenvalue weighted by atomic mass is 10.2. The molecule has 2 rings (SSSR count). The van der Waals surface area contributed by atoms with E-state index in [4.69, 9.17) is 4.74 Å². The third-order valence-electron chi connectivity index (χ3n) is 3.07. The van der Waals surface area contributed by atoms with Crippen molar-refractivity contribution in [1.82, 2.24) is 0 Å². The highest BCUT2D eigenvalue weighted by molar-refractivity contribution is 8.01. The molecule has 1 aliphatic rings. The van der Waals surface area contributed by atoms with Crippen LogP contribution in [0.4, 0.5) is 5.69 Å². The van der Waals surface area contributed by atoms with Gasteiger partial charge in [-0.05, 0) is 31.5 Å². The molecule has 1 atom stereocenters. The van der Waals surface area contributed by atoms with Crippen LogP contribution in [0.25, 0.3) is 0 Å². The molecule has 0 radical (unpaired) electrons. The molecule has 1 aliphatic heterocycles. The van der Waals surface area contributed by atoms with E-state index >= 15 is 0 Å². The molecule has 5 nitrogen and oxygen atoms in total. The molecule has 0 spiro atoms. The van der Waals surface area contributed by atoms with Gasteiger partial charge in [-0.2, -0.15) is 0 Å². The van der Waals surface area contributed by atoms with Crippen LogP contribution in [0.2, 0.25) is 0 Å². The number of carbonyl (C=O) groups excluding carboxylic acids is 3. The Labute approximate surface area is 127 Å². The van der Waals surface area contributed by atoms with Gasteiger partial charge in [-0.1, -0.05) is 12.1 Å². The van der Waals surface area contributed by atoms with E-state index < -0.39 is 5.25 Å². The van der Waals surface area contributed by atoms with Crippen molar-refractivity contribution in [2.75, 3.05) is 17.3 Å². The zero-order valence-electron chi connectivity index (χ0n) is 12.0. The molecular formula is C15H17NO4S. The Morgan fingerprint density at radius 2 is 2.19 bits per heavy atom. The van der Waals surface area contributed by atoms with Gasteiger partial charge in [0, 0.05) is 6.42 Å². The number of rotatable bonds is 5. The molecule has 0 N–H and O–H groups in total. The van der Waals surface area contributed by atoms with Crippen LogP contribution < -0.4 is 4.90 Å². The van der Waals surface area contributed by atoms with Gasteiger partial charge in [0.25, 0.3) is 0 Å². The Hall–Kier alpha value is -1.82. The summed E-state index contributed by atoms with van der Waals surface area (Å²) in [5.74, 6) is -0.775. The van der Waals surface area contributed by atoms with E-state index in [9.17, 15) is 14.4 Å². The van der Waals surface area contributed by atoms with Gasteiger partial charge in [-0.15, -0.1) is 11.8 Å². The molecule has 0 bridgehead atoms. The van der Waals surface area contributed by atoms with E-state index in [0.717, 1.165) is 17.3 Å². The van der Waals surface area contributed by atoms with Crippen LogP contribution in [0.3, 0.4) is 0 Å². The molecule has 0 aliphatic carbocycles. The molecular weight excluding hydrogens is 290 g/mol. The predicted molar refractivity (Wildman–Crippen MR) is 81.2 cm³/mol.